The fraction of sp³-hybridized carbons (Fsp3) is 0.619. The van der Waals surface area contributed by atoms with E-state index in [0.717, 1.165) is 12.0 Å². The number of carbonyl (C=O) groups excluding carboxylic acids is 3. The van der Waals surface area contributed by atoms with E-state index in [-0.39, 0.29) is 23.6 Å². The van der Waals surface area contributed by atoms with Crippen LogP contribution in [0.2, 0.25) is 0 Å². The van der Waals surface area contributed by atoms with Gasteiger partial charge in [-0.25, -0.2) is 0 Å². The molecule has 0 saturated carbocycles. The van der Waals surface area contributed by atoms with Crippen LogP contribution in [0, 0.1) is 5.92 Å². The number of aromatic nitrogens is 1. The molecule has 3 N–H and O–H groups in total. The highest BCUT2D eigenvalue weighted by atomic mass is 16.2. The van der Waals surface area contributed by atoms with Crippen molar-refractivity contribution in [1.82, 2.24) is 25.8 Å². The van der Waals surface area contributed by atoms with Crippen LogP contribution in [0.1, 0.15) is 39.2 Å². The van der Waals surface area contributed by atoms with Crippen LogP contribution in [0.15, 0.2) is 24.5 Å². The monoisotopic (exact) mass is 403 g/mol. The van der Waals surface area contributed by atoms with Crippen LogP contribution in [0.3, 0.4) is 0 Å². The molecule has 29 heavy (non-hydrogen) atoms. The Labute approximate surface area is 172 Å². The highest BCUT2D eigenvalue weighted by molar-refractivity contribution is 5.93. The molecule has 0 unspecified atom stereocenters. The molecule has 1 saturated heterocycles. The summed E-state index contributed by atoms with van der Waals surface area (Å²) in [4.78, 5) is 43.7. The van der Waals surface area contributed by atoms with Crippen molar-refractivity contribution < 1.29 is 14.4 Å². The highest BCUT2D eigenvalue weighted by Gasteiger charge is 2.38. The number of likely N-dealkylation sites (N-methyl/N-ethyl adjacent to an activating group) is 1. The molecular formula is C21H33N5O3. The van der Waals surface area contributed by atoms with E-state index in [4.69, 9.17) is 0 Å². The molecule has 8 nitrogen and oxygen atoms in total. The predicted octanol–water partition coefficient (Wildman–Crippen LogP) is 0.480. The molecule has 3 amide bonds. The van der Waals surface area contributed by atoms with Crippen molar-refractivity contribution in [1.29, 1.82) is 0 Å². The fourth-order valence-corrected chi connectivity index (χ4v) is 3.40. The summed E-state index contributed by atoms with van der Waals surface area (Å²) in [7, 11) is 1.70. The molecule has 2 heterocycles. The van der Waals surface area contributed by atoms with Crippen molar-refractivity contribution in [2.75, 3.05) is 20.1 Å². The van der Waals surface area contributed by atoms with Crippen LogP contribution < -0.4 is 16.0 Å². The number of nitrogens with zero attached hydrogens (tertiary/aromatic N) is 2. The SMILES string of the molecule is CN[C@@H](C)C(=O)N[C@H](C(=O)N1CCC[C@H]1C(=O)NCCc1ccncc1)C(C)C. The Balaban J connectivity index is 1.96. The second-order valence-corrected chi connectivity index (χ2v) is 7.83. The van der Waals surface area contributed by atoms with Crippen LogP contribution >= 0.6 is 0 Å². The average molecular weight is 404 g/mol. The molecule has 0 radical (unpaired) electrons. The third kappa shape index (κ3) is 6.25. The maximum Gasteiger partial charge on any atom is 0.246 e. The first-order valence-corrected chi connectivity index (χ1v) is 10.3. The van der Waals surface area contributed by atoms with Crippen LogP contribution in [0.5, 0.6) is 0 Å². The van der Waals surface area contributed by atoms with Crippen LogP contribution in [-0.2, 0) is 20.8 Å². The van der Waals surface area contributed by atoms with Gasteiger partial charge >= 0.3 is 0 Å². The molecule has 0 bridgehead atoms. The zero-order valence-corrected chi connectivity index (χ0v) is 17.8. The maximum absolute atomic E-state index is 13.1. The lowest BCUT2D eigenvalue weighted by Crippen LogP contribution is -2.57. The first-order valence-electron chi connectivity index (χ1n) is 10.3. The standard InChI is InChI=1S/C21H33N5O3/c1-14(2)18(25-19(27)15(3)22-4)21(29)26-13-5-6-17(26)20(28)24-12-9-16-7-10-23-11-8-16/h7-8,10-11,14-15,17-18,22H,5-6,9,12-13H2,1-4H3,(H,24,28)(H,25,27)/t15-,17-,18-/m0/s1. The Bertz CT molecular complexity index is 695. The Morgan fingerprint density at radius 2 is 1.90 bits per heavy atom. The number of pyridine rings is 1. The largest absolute Gasteiger partial charge is 0.354 e. The molecule has 1 aliphatic heterocycles. The van der Waals surface area contributed by atoms with Gasteiger partial charge in [-0.1, -0.05) is 13.8 Å². The van der Waals surface area contributed by atoms with E-state index < -0.39 is 18.1 Å². The van der Waals surface area contributed by atoms with Crippen molar-refractivity contribution in [2.24, 2.45) is 5.92 Å². The molecule has 1 aliphatic rings. The van der Waals surface area contributed by atoms with Gasteiger partial charge < -0.3 is 20.9 Å². The Morgan fingerprint density at radius 1 is 1.21 bits per heavy atom. The summed E-state index contributed by atoms with van der Waals surface area (Å²) in [6.07, 6.45) is 5.58. The molecular weight excluding hydrogens is 370 g/mol. The van der Waals surface area contributed by atoms with Gasteiger partial charge in [0.1, 0.15) is 12.1 Å². The molecule has 1 aromatic heterocycles. The van der Waals surface area contributed by atoms with E-state index in [1.807, 2.05) is 26.0 Å². The summed E-state index contributed by atoms with van der Waals surface area (Å²) >= 11 is 0. The van der Waals surface area contributed by atoms with Gasteiger partial charge in [-0.2, -0.15) is 0 Å². The summed E-state index contributed by atoms with van der Waals surface area (Å²) in [6.45, 7) is 6.57. The number of rotatable bonds is 9. The third-order valence-corrected chi connectivity index (χ3v) is 5.36. The number of hydrogen-bond donors (Lipinski definition) is 3. The van der Waals surface area contributed by atoms with Crippen LogP contribution in [-0.4, -0.2) is 65.9 Å². The predicted molar refractivity (Wildman–Crippen MR) is 111 cm³/mol. The number of likely N-dealkylation sites (tertiary alicyclic amines) is 1. The minimum Gasteiger partial charge on any atom is -0.354 e. The van der Waals surface area contributed by atoms with E-state index >= 15 is 0 Å². The second kappa shape index (κ2) is 10.9. The molecule has 1 fully saturated rings. The topological polar surface area (TPSA) is 103 Å². The zero-order valence-electron chi connectivity index (χ0n) is 17.8. The van der Waals surface area contributed by atoms with Gasteiger partial charge in [0.05, 0.1) is 6.04 Å². The van der Waals surface area contributed by atoms with E-state index in [2.05, 4.69) is 20.9 Å². The lowest BCUT2D eigenvalue weighted by Gasteiger charge is -2.31. The van der Waals surface area contributed by atoms with Gasteiger partial charge in [-0.3, -0.25) is 19.4 Å². The zero-order chi connectivity index (χ0) is 21.4. The maximum atomic E-state index is 13.1. The van der Waals surface area contributed by atoms with Crippen LogP contribution in [0.4, 0.5) is 0 Å². The van der Waals surface area contributed by atoms with E-state index in [1.165, 1.54) is 0 Å². The molecule has 0 aromatic carbocycles. The molecule has 8 heteroatoms. The number of hydrogen-bond acceptors (Lipinski definition) is 5. The number of amides is 3. The van der Waals surface area contributed by atoms with Gasteiger partial charge in [0.15, 0.2) is 0 Å². The summed E-state index contributed by atoms with van der Waals surface area (Å²) in [6, 6.07) is 2.30. The normalized spacial score (nSPS) is 18.4. The molecule has 0 aliphatic carbocycles. The lowest BCUT2D eigenvalue weighted by atomic mass is 10.0. The van der Waals surface area contributed by atoms with E-state index in [1.54, 1.807) is 31.3 Å². The van der Waals surface area contributed by atoms with Crippen molar-refractivity contribution in [3.8, 4) is 0 Å². The smallest absolute Gasteiger partial charge is 0.246 e. The third-order valence-electron chi connectivity index (χ3n) is 5.36. The van der Waals surface area contributed by atoms with Gasteiger partial charge in [-0.05, 0) is 56.8 Å². The summed E-state index contributed by atoms with van der Waals surface area (Å²) in [5.74, 6) is -0.630. The van der Waals surface area contributed by atoms with Gasteiger partial charge in [-0.15, -0.1) is 0 Å². The minimum absolute atomic E-state index is 0.0773. The van der Waals surface area contributed by atoms with Gasteiger partial charge in [0, 0.05) is 25.5 Å². The molecule has 1 aromatic rings. The van der Waals surface area contributed by atoms with Crippen LogP contribution in [0.25, 0.3) is 0 Å². The summed E-state index contributed by atoms with van der Waals surface area (Å²) in [5.41, 5.74) is 1.10. The minimum atomic E-state index is -0.650. The Kier molecular flexibility index (Phi) is 8.57. The van der Waals surface area contributed by atoms with Gasteiger partial charge in [0.25, 0.3) is 0 Å². The summed E-state index contributed by atoms with van der Waals surface area (Å²) in [5, 5.41) is 8.66. The molecule has 2 rings (SSSR count). The Hall–Kier alpha value is -2.48. The van der Waals surface area contributed by atoms with E-state index in [0.29, 0.717) is 25.9 Å². The first kappa shape index (κ1) is 22.8. The quantitative estimate of drug-likeness (QED) is 0.556. The fourth-order valence-electron chi connectivity index (χ4n) is 3.40. The Morgan fingerprint density at radius 3 is 2.52 bits per heavy atom. The van der Waals surface area contributed by atoms with Crippen molar-refractivity contribution in [3.63, 3.8) is 0 Å². The van der Waals surface area contributed by atoms with Crippen molar-refractivity contribution in [2.45, 2.75) is 58.2 Å². The number of nitrogens with one attached hydrogen (secondary N) is 3. The van der Waals surface area contributed by atoms with Gasteiger partial charge in [0.2, 0.25) is 17.7 Å². The lowest BCUT2D eigenvalue weighted by molar-refractivity contribution is -0.142. The van der Waals surface area contributed by atoms with Crippen molar-refractivity contribution in [3.05, 3.63) is 30.1 Å². The molecule has 3 atom stereocenters. The molecule has 160 valence electrons. The second-order valence-electron chi connectivity index (χ2n) is 7.83. The molecule has 0 spiro atoms. The summed E-state index contributed by atoms with van der Waals surface area (Å²) < 4.78 is 0. The number of carbonyl (C=O) groups is 3. The van der Waals surface area contributed by atoms with E-state index in [9.17, 15) is 14.4 Å². The van der Waals surface area contributed by atoms with Crippen molar-refractivity contribution >= 4 is 17.7 Å². The highest BCUT2D eigenvalue weighted by Crippen LogP contribution is 2.20. The first-order chi connectivity index (χ1) is 13.8. The average Bonchev–Trinajstić information content (AvgIpc) is 3.21.